The third kappa shape index (κ3) is 3.29. The molecule has 130 valence electrons. The molecule has 1 aromatic carbocycles. The Morgan fingerprint density at radius 3 is 3.04 bits per heavy atom. The summed E-state index contributed by atoms with van der Waals surface area (Å²) >= 11 is 0. The molecule has 1 fully saturated rings. The highest BCUT2D eigenvalue weighted by Crippen LogP contribution is 2.32. The van der Waals surface area contributed by atoms with Gasteiger partial charge in [0.1, 0.15) is 5.82 Å². The Morgan fingerprint density at radius 2 is 2.24 bits per heavy atom. The van der Waals surface area contributed by atoms with Crippen LogP contribution in [0.25, 0.3) is 11.0 Å². The summed E-state index contributed by atoms with van der Waals surface area (Å²) in [6.45, 7) is 0.850. The lowest BCUT2D eigenvalue weighted by molar-refractivity contribution is -0.132. The van der Waals surface area contributed by atoms with Gasteiger partial charge in [0.15, 0.2) is 0 Å². The van der Waals surface area contributed by atoms with E-state index in [0.717, 1.165) is 54.6 Å². The highest BCUT2D eigenvalue weighted by Gasteiger charge is 2.30. The van der Waals surface area contributed by atoms with Crippen molar-refractivity contribution in [1.29, 1.82) is 0 Å². The first kappa shape index (κ1) is 15.9. The fraction of sp³-hybridized carbons (Fsp3) is 0.421. The van der Waals surface area contributed by atoms with E-state index in [1.807, 2.05) is 48.6 Å². The summed E-state index contributed by atoms with van der Waals surface area (Å²) in [4.78, 5) is 22.6. The van der Waals surface area contributed by atoms with Crippen LogP contribution in [0.2, 0.25) is 0 Å². The van der Waals surface area contributed by atoms with Crippen LogP contribution in [0.3, 0.4) is 0 Å². The second kappa shape index (κ2) is 6.70. The molecule has 0 saturated carbocycles. The van der Waals surface area contributed by atoms with Gasteiger partial charge in [-0.05, 0) is 31.4 Å². The van der Waals surface area contributed by atoms with Gasteiger partial charge in [0, 0.05) is 38.2 Å². The molecular weight excluding hydrogens is 314 g/mol. The number of rotatable bonds is 5. The van der Waals surface area contributed by atoms with Crippen LogP contribution in [0.15, 0.2) is 36.7 Å². The molecule has 1 saturated heterocycles. The Hall–Kier alpha value is -2.63. The van der Waals surface area contributed by atoms with Gasteiger partial charge in [0.2, 0.25) is 5.91 Å². The molecule has 3 heterocycles. The van der Waals surface area contributed by atoms with Crippen molar-refractivity contribution in [3.63, 3.8) is 0 Å². The smallest absolute Gasteiger partial charge is 0.223 e. The van der Waals surface area contributed by atoms with Crippen LogP contribution in [0.4, 0.5) is 0 Å². The minimum absolute atomic E-state index is 0.187. The van der Waals surface area contributed by atoms with Crippen LogP contribution < -0.4 is 0 Å². The van der Waals surface area contributed by atoms with Gasteiger partial charge in [-0.15, -0.1) is 0 Å². The maximum absolute atomic E-state index is 12.7. The van der Waals surface area contributed by atoms with E-state index < -0.39 is 0 Å². The zero-order valence-electron chi connectivity index (χ0n) is 14.5. The summed E-state index contributed by atoms with van der Waals surface area (Å²) in [6, 6.07) is 8.21. The van der Waals surface area contributed by atoms with Gasteiger partial charge in [0.25, 0.3) is 0 Å². The molecule has 6 heteroatoms. The molecule has 25 heavy (non-hydrogen) atoms. The zero-order valence-corrected chi connectivity index (χ0v) is 14.5. The van der Waals surface area contributed by atoms with Crippen molar-refractivity contribution < 1.29 is 4.79 Å². The molecule has 6 nitrogen and oxygen atoms in total. The summed E-state index contributed by atoms with van der Waals surface area (Å²) in [7, 11) is 1.91. The molecule has 3 aromatic rings. The van der Waals surface area contributed by atoms with Crippen molar-refractivity contribution in [1.82, 2.24) is 24.6 Å². The number of carbonyl (C=O) groups is 1. The third-order valence-corrected chi connectivity index (χ3v) is 4.93. The van der Waals surface area contributed by atoms with E-state index in [1.54, 1.807) is 4.68 Å². The predicted molar refractivity (Wildman–Crippen MR) is 95.9 cm³/mol. The number of hydrogen-bond acceptors (Lipinski definition) is 3. The van der Waals surface area contributed by atoms with E-state index in [4.69, 9.17) is 0 Å². The molecule has 1 amide bonds. The first-order chi connectivity index (χ1) is 12.2. The van der Waals surface area contributed by atoms with Crippen molar-refractivity contribution in [3.05, 3.63) is 48.0 Å². The van der Waals surface area contributed by atoms with Gasteiger partial charge in [-0.3, -0.25) is 9.48 Å². The van der Waals surface area contributed by atoms with Crippen LogP contribution in [0, 0.1) is 0 Å². The number of aryl methyl sites for hydroxylation is 2. The van der Waals surface area contributed by atoms with E-state index in [1.165, 1.54) is 0 Å². The number of hydrogen-bond donors (Lipinski definition) is 1. The molecule has 0 spiro atoms. The molecule has 0 radical (unpaired) electrons. The Bertz CT molecular complexity index is 848. The predicted octanol–water partition coefficient (Wildman–Crippen LogP) is 2.98. The number of carbonyl (C=O) groups excluding carboxylic acids is 1. The van der Waals surface area contributed by atoms with Crippen molar-refractivity contribution >= 4 is 16.9 Å². The normalized spacial score (nSPS) is 17.5. The highest BCUT2D eigenvalue weighted by molar-refractivity contribution is 5.77. The number of nitrogens with one attached hydrogen (secondary N) is 1. The van der Waals surface area contributed by atoms with Crippen molar-refractivity contribution in [3.8, 4) is 0 Å². The Balaban J connectivity index is 1.35. The lowest BCUT2D eigenvalue weighted by Crippen LogP contribution is -2.30. The first-order valence-electron chi connectivity index (χ1n) is 8.92. The number of benzene rings is 1. The standard InChI is InChI=1S/C19H23N5O/c1-23-13-14(12-20-23)17-8-5-11-24(17)19(25)10-4-9-18-21-15-6-2-3-7-16(15)22-18/h2-3,6-7,12-13,17H,4-5,8-11H2,1H3,(H,21,22)/t17-/m0/s1. The van der Waals surface area contributed by atoms with Gasteiger partial charge >= 0.3 is 0 Å². The molecule has 0 aliphatic carbocycles. The first-order valence-corrected chi connectivity index (χ1v) is 8.92. The summed E-state index contributed by atoms with van der Waals surface area (Å²) in [6.07, 6.45) is 8.17. The fourth-order valence-electron chi connectivity index (χ4n) is 3.70. The molecule has 0 bridgehead atoms. The van der Waals surface area contributed by atoms with E-state index in [-0.39, 0.29) is 11.9 Å². The molecule has 1 aliphatic rings. The largest absolute Gasteiger partial charge is 0.342 e. The average molecular weight is 337 g/mol. The number of imidazole rings is 1. The van der Waals surface area contributed by atoms with Crippen LogP contribution in [-0.2, 0) is 18.3 Å². The van der Waals surface area contributed by atoms with Crippen molar-refractivity contribution in [2.45, 2.75) is 38.1 Å². The van der Waals surface area contributed by atoms with Crippen molar-refractivity contribution in [2.24, 2.45) is 7.05 Å². The summed E-state index contributed by atoms with van der Waals surface area (Å²) in [5.41, 5.74) is 3.19. The molecule has 0 unspecified atom stereocenters. The van der Waals surface area contributed by atoms with Crippen LogP contribution in [0.1, 0.15) is 43.1 Å². The van der Waals surface area contributed by atoms with E-state index in [0.29, 0.717) is 6.42 Å². The summed E-state index contributed by atoms with van der Waals surface area (Å²) < 4.78 is 1.80. The summed E-state index contributed by atoms with van der Waals surface area (Å²) in [5, 5.41) is 4.24. The van der Waals surface area contributed by atoms with E-state index in [2.05, 4.69) is 15.1 Å². The van der Waals surface area contributed by atoms with Gasteiger partial charge in [0.05, 0.1) is 23.3 Å². The Morgan fingerprint density at radius 1 is 1.36 bits per heavy atom. The minimum atomic E-state index is 0.187. The van der Waals surface area contributed by atoms with Crippen molar-refractivity contribution in [2.75, 3.05) is 6.54 Å². The number of aromatic nitrogens is 4. The van der Waals surface area contributed by atoms with Crippen LogP contribution >= 0.6 is 0 Å². The van der Waals surface area contributed by atoms with Gasteiger partial charge in [-0.25, -0.2) is 4.98 Å². The second-order valence-corrected chi connectivity index (χ2v) is 6.75. The monoisotopic (exact) mass is 337 g/mol. The van der Waals surface area contributed by atoms with Gasteiger partial charge in [-0.1, -0.05) is 12.1 Å². The third-order valence-electron chi connectivity index (χ3n) is 4.93. The number of fused-ring (bicyclic) bond motifs is 1. The zero-order chi connectivity index (χ0) is 17.2. The lowest BCUT2D eigenvalue weighted by atomic mass is 10.1. The number of amides is 1. The second-order valence-electron chi connectivity index (χ2n) is 6.75. The SMILES string of the molecule is Cn1cc([C@@H]2CCCN2C(=O)CCCc2nc3ccccc3[nH]2)cn1. The maximum Gasteiger partial charge on any atom is 0.223 e. The van der Waals surface area contributed by atoms with Crippen LogP contribution in [0.5, 0.6) is 0 Å². The summed E-state index contributed by atoms with van der Waals surface area (Å²) in [5.74, 6) is 1.20. The Labute approximate surface area is 146 Å². The number of likely N-dealkylation sites (tertiary alicyclic amines) is 1. The molecular formula is C19H23N5O. The van der Waals surface area contributed by atoms with Gasteiger partial charge < -0.3 is 9.88 Å². The van der Waals surface area contributed by atoms with E-state index in [9.17, 15) is 4.79 Å². The average Bonchev–Trinajstić information content (AvgIpc) is 3.32. The molecule has 1 N–H and O–H groups in total. The lowest BCUT2D eigenvalue weighted by Gasteiger charge is -2.24. The maximum atomic E-state index is 12.7. The topological polar surface area (TPSA) is 66.8 Å². The Kier molecular flexibility index (Phi) is 4.26. The quantitative estimate of drug-likeness (QED) is 0.778. The van der Waals surface area contributed by atoms with E-state index >= 15 is 0 Å². The van der Waals surface area contributed by atoms with Crippen LogP contribution in [-0.4, -0.2) is 37.1 Å². The fourth-order valence-corrected chi connectivity index (χ4v) is 3.70. The minimum Gasteiger partial charge on any atom is -0.342 e. The van der Waals surface area contributed by atoms with Gasteiger partial charge in [-0.2, -0.15) is 5.10 Å². The number of aromatic amines is 1. The number of H-pyrrole nitrogens is 1. The molecule has 1 aliphatic heterocycles. The number of nitrogens with zero attached hydrogens (tertiary/aromatic N) is 4. The molecule has 2 aromatic heterocycles. The highest BCUT2D eigenvalue weighted by atomic mass is 16.2. The molecule has 4 rings (SSSR count). The molecule has 1 atom stereocenters. The number of para-hydroxylation sites is 2.